The van der Waals surface area contributed by atoms with E-state index in [1.54, 1.807) is 17.2 Å². The maximum absolute atomic E-state index is 13.8. The molecule has 1 aliphatic carbocycles. The lowest BCUT2D eigenvalue weighted by molar-refractivity contribution is -0.120. The first-order valence-electron chi connectivity index (χ1n) is 11.9. The molecule has 0 radical (unpaired) electrons. The van der Waals surface area contributed by atoms with E-state index in [9.17, 15) is 9.59 Å². The Morgan fingerprint density at radius 2 is 1.85 bits per heavy atom. The molecular formula is C26H30N2O5. The molecule has 1 unspecified atom stereocenters. The standard InChI is InChI=1S/C26H30N2O5/c29-25(18-8-2-1-3-9-18)27-23-21-12-4-5-13-22(21)33-24(23)26(30)28(16-19-10-6-14-31-19)17-20-11-7-15-32-20/h4-6,10,12-14,18,20H,1-3,7-9,11,15-17H2,(H,27,29). The summed E-state index contributed by atoms with van der Waals surface area (Å²) in [4.78, 5) is 28.6. The Labute approximate surface area is 193 Å². The molecule has 0 spiro atoms. The van der Waals surface area contributed by atoms with Crippen LogP contribution < -0.4 is 5.32 Å². The topological polar surface area (TPSA) is 84.9 Å². The molecule has 7 heteroatoms. The minimum Gasteiger partial charge on any atom is -0.467 e. The van der Waals surface area contributed by atoms with Crippen molar-refractivity contribution >= 4 is 28.5 Å². The average molecular weight is 451 g/mol. The van der Waals surface area contributed by atoms with Crippen molar-refractivity contribution in [3.8, 4) is 0 Å². The van der Waals surface area contributed by atoms with Crippen LogP contribution in [0.25, 0.3) is 11.0 Å². The van der Waals surface area contributed by atoms with Gasteiger partial charge in [0.15, 0.2) is 0 Å². The van der Waals surface area contributed by atoms with Crippen LogP contribution in [0, 0.1) is 5.92 Å². The summed E-state index contributed by atoms with van der Waals surface area (Å²) in [5.41, 5.74) is 1.04. The van der Waals surface area contributed by atoms with Crippen LogP contribution in [-0.2, 0) is 16.1 Å². The maximum atomic E-state index is 13.8. The van der Waals surface area contributed by atoms with Crippen molar-refractivity contribution in [2.24, 2.45) is 5.92 Å². The molecule has 5 rings (SSSR count). The number of nitrogens with one attached hydrogen (secondary N) is 1. The molecule has 7 nitrogen and oxygen atoms in total. The van der Waals surface area contributed by atoms with Gasteiger partial charge in [0.25, 0.3) is 5.91 Å². The van der Waals surface area contributed by atoms with Crippen molar-refractivity contribution in [3.05, 3.63) is 54.2 Å². The normalized spacial score (nSPS) is 19.1. The molecule has 1 aromatic carbocycles. The lowest BCUT2D eigenvalue weighted by Crippen LogP contribution is -2.37. The molecule has 1 atom stereocenters. The maximum Gasteiger partial charge on any atom is 0.292 e. The van der Waals surface area contributed by atoms with Gasteiger partial charge in [0.1, 0.15) is 17.0 Å². The average Bonchev–Trinajstić information content (AvgIpc) is 3.61. The van der Waals surface area contributed by atoms with Gasteiger partial charge in [-0.3, -0.25) is 9.59 Å². The molecule has 2 amide bonds. The second-order valence-corrected chi connectivity index (χ2v) is 9.03. The van der Waals surface area contributed by atoms with Gasteiger partial charge in [-0.05, 0) is 49.9 Å². The van der Waals surface area contributed by atoms with Crippen molar-refractivity contribution in [2.75, 3.05) is 18.5 Å². The molecule has 2 aliphatic rings. The minimum atomic E-state index is -0.281. The third kappa shape index (κ3) is 4.83. The quantitative estimate of drug-likeness (QED) is 0.523. The van der Waals surface area contributed by atoms with E-state index in [-0.39, 0.29) is 29.6 Å². The Morgan fingerprint density at radius 1 is 1.00 bits per heavy atom. The fourth-order valence-corrected chi connectivity index (χ4v) is 4.90. The molecule has 1 saturated carbocycles. The highest BCUT2D eigenvalue weighted by molar-refractivity contribution is 6.11. The van der Waals surface area contributed by atoms with Crippen LogP contribution in [0.1, 0.15) is 61.3 Å². The van der Waals surface area contributed by atoms with E-state index in [1.807, 2.05) is 30.3 Å². The van der Waals surface area contributed by atoms with Crippen LogP contribution in [0.15, 0.2) is 51.5 Å². The van der Waals surface area contributed by atoms with E-state index in [1.165, 1.54) is 6.42 Å². The van der Waals surface area contributed by atoms with Gasteiger partial charge >= 0.3 is 0 Å². The second-order valence-electron chi connectivity index (χ2n) is 9.03. The first-order valence-corrected chi connectivity index (χ1v) is 11.9. The Bertz CT molecular complexity index is 1090. The van der Waals surface area contributed by atoms with E-state index < -0.39 is 0 Å². The van der Waals surface area contributed by atoms with Gasteiger partial charge in [0.2, 0.25) is 11.7 Å². The van der Waals surface area contributed by atoms with Gasteiger partial charge in [-0.15, -0.1) is 0 Å². The van der Waals surface area contributed by atoms with Crippen LogP contribution >= 0.6 is 0 Å². The number of hydrogen-bond acceptors (Lipinski definition) is 5. The molecule has 2 fully saturated rings. The zero-order valence-corrected chi connectivity index (χ0v) is 18.8. The highest BCUT2D eigenvalue weighted by Crippen LogP contribution is 2.34. The number of rotatable bonds is 7. The number of fused-ring (bicyclic) bond motifs is 1. The number of anilines is 1. The predicted octanol–water partition coefficient (Wildman–Crippen LogP) is 5.37. The summed E-state index contributed by atoms with van der Waals surface area (Å²) >= 11 is 0. The molecule has 3 heterocycles. The fourth-order valence-electron chi connectivity index (χ4n) is 4.90. The molecule has 1 N–H and O–H groups in total. The Hall–Kier alpha value is -3.06. The minimum absolute atomic E-state index is 0.0198. The first kappa shape index (κ1) is 21.8. The largest absolute Gasteiger partial charge is 0.467 e. The number of hydrogen-bond donors (Lipinski definition) is 1. The number of furan rings is 2. The monoisotopic (exact) mass is 450 g/mol. The van der Waals surface area contributed by atoms with Gasteiger partial charge in [0.05, 0.1) is 18.9 Å². The highest BCUT2D eigenvalue weighted by atomic mass is 16.5. The second kappa shape index (κ2) is 9.83. The van der Waals surface area contributed by atoms with E-state index in [0.29, 0.717) is 36.7 Å². The molecule has 0 bridgehead atoms. The van der Waals surface area contributed by atoms with Gasteiger partial charge in [-0.1, -0.05) is 31.4 Å². The Balaban J connectivity index is 1.46. The van der Waals surface area contributed by atoms with Crippen molar-refractivity contribution in [1.82, 2.24) is 4.90 Å². The van der Waals surface area contributed by atoms with Crippen LogP contribution in [0.3, 0.4) is 0 Å². The zero-order valence-electron chi connectivity index (χ0n) is 18.8. The van der Waals surface area contributed by atoms with Crippen molar-refractivity contribution in [1.29, 1.82) is 0 Å². The molecule has 2 aromatic heterocycles. The van der Waals surface area contributed by atoms with E-state index in [2.05, 4.69) is 5.32 Å². The van der Waals surface area contributed by atoms with E-state index in [4.69, 9.17) is 13.6 Å². The number of carbonyl (C=O) groups excluding carboxylic acids is 2. The molecule has 1 aliphatic heterocycles. The lowest BCUT2D eigenvalue weighted by Gasteiger charge is -2.24. The summed E-state index contributed by atoms with van der Waals surface area (Å²) in [6.45, 7) is 1.45. The summed E-state index contributed by atoms with van der Waals surface area (Å²) in [6.07, 6.45) is 8.54. The van der Waals surface area contributed by atoms with Crippen LogP contribution in [0.5, 0.6) is 0 Å². The third-order valence-electron chi connectivity index (χ3n) is 6.68. The van der Waals surface area contributed by atoms with Crippen LogP contribution in [-0.4, -0.2) is 36.0 Å². The van der Waals surface area contributed by atoms with E-state index >= 15 is 0 Å². The summed E-state index contributed by atoms with van der Waals surface area (Å²) in [6, 6.07) is 11.1. The molecule has 1 saturated heterocycles. The van der Waals surface area contributed by atoms with E-state index in [0.717, 1.165) is 43.9 Å². The summed E-state index contributed by atoms with van der Waals surface area (Å²) in [7, 11) is 0. The van der Waals surface area contributed by atoms with Crippen molar-refractivity contribution in [3.63, 3.8) is 0 Å². The summed E-state index contributed by atoms with van der Waals surface area (Å²) in [5.74, 6) is 0.501. The number of para-hydroxylation sites is 1. The fraction of sp³-hybridized carbons (Fsp3) is 0.462. The number of amides is 2. The molecule has 174 valence electrons. The Kier molecular flexibility index (Phi) is 6.48. The number of nitrogens with zero attached hydrogens (tertiary/aromatic N) is 1. The van der Waals surface area contributed by atoms with Crippen LogP contribution in [0.2, 0.25) is 0 Å². The third-order valence-corrected chi connectivity index (χ3v) is 6.68. The Morgan fingerprint density at radius 3 is 2.61 bits per heavy atom. The van der Waals surface area contributed by atoms with Crippen molar-refractivity contribution in [2.45, 2.75) is 57.6 Å². The molecular weight excluding hydrogens is 420 g/mol. The molecule has 3 aromatic rings. The molecule has 33 heavy (non-hydrogen) atoms. The summed E-state index contributed by atoms with van der Waals surface area (Å²) in [5, 5.41) is 3.79. The zero-order chi connectivity index (χ0) is 22.6. The SMILES string of the molecule is O=C(Nc1c(C(=O)N(Cc2ccco2)CC2CCCO2)oc2ccccc12)C1CCCCC1. The predicted molar refractivity (Wildman–Crippen MR) is 124 cm³/mol. The smallest absolute Gasteiger partial charge is 0.292 e. The highest BCUT2D eigenvalue weighted by Gasteiger charge is 2.31. The number of benzene rings is 1. The first-order chi connectivity index (χ1) is 16.2. The number of carbonyl (C=O) groups is 2. The van der Waals surface area contributed by atoms with Crippen molar-refractivity contribution < 1.29 is 23.2 Å². The van der Waals surface area contributed by atoms with Gasteiger partial charge in [-0.25, -0.2) is 0 Å². The van der Waals surface area contributed by atoms with Gasteiger partial charge in [0, 0.05) is 24.5 Å². The lowest BCUT2D eigenvalue weighted by atomic mass is 9.88. The van der Waals surface area contributed by atoms with Gasteiger partial charge in [-0.2, -0.15) is 0 Å². The van der Waals surface area contributed by atoms with Gasteiger partial charge < -0.3 is 23.8 Å². The summed E-state index contributed by atoms with van der Waals surface area (Å²) < 4.78 is 17.3. The van der Waals surface area contributed by atoms with Crippen LogP contribution in [0.4, 0.5) is 5.69 Å². The number of ether oxygens (including phenoxy) is 1.